The van der Waals surface area contributed by atoms with E-state index in [2.05, 4.69) is 9.97 Å². The van der Waals surface area contributed by atoms with Gasteiger partial charge in [-0.3, -0.25) is 0 Å². The maximum atomic E-state index is 12.5. The van der Waals surface area contributed by atoms with Crippen LogP contribution in [0.4, 0.5) is 13.2 Å². The van der Waals surface area contributed by atoms with E-state index in [1.165, 1.54) is 0 Å². The second kappa shape index (κ2) is 4.57. The molecular formula is C8H9F3N2O3S. The first kappa shape index (κ1) is 13.8. The van der Waals surface area contributed by atoms with Crippen molar-refractivity contribution >= 4 is 9.84 Å². The van der Waals surface area contributed by atoms with Crippen molar-refractivity contribution in [1.82, 2.24) is 9.97 Å². The lowest BCUT2D eigenvalue weighted by Crippen LogP contribution is -2.16. The third-order valence-corrected chi connectivity index (χ3v) is 2.53. The van der Waals surface area contributed by atoms with Crippen molar-refractivity contribution in [2.75, 3.05) is 6.26 Å². The van der Waals surface area contributed by atoms with Crippen LogP contribution in [-0.2, 0) is 28.4 Å². The average molecular weight is 270 g/mol. The molecule has 0 aromatic carbocycles. The Bertz CT molecular complexity index is 513. The highest BCUT2D eigenvalue weighted by atomic mass is 32.2. The summed E-state index contributed by atoms with van der Waals surface area (Å²) in [5, 5.41) is 8.71. The molecule has 1 N–H and O–H groups in total. The fourth-order valence-electron chi connectivity index (χ4n) is 1.11. The van der Waals surface area contributed by atoms with E-state index < -0.39 is 45.5 Å². The Morgan fingerprint density at radius 2 is 2.00 bits per heavy atom. The number of sulfone groups is 1. The SMILES string of the molecule is CS(=O)(=O)Cc1ncc(CO)c(C(F)(F)F)n1. The van der Waals surface area contributed by atoms with Gasteiger partial charge in [-0.1, -0.05) is 0 Å². The zero-order valence-corrected chi connectivity index (χ0v) is 9.51. The van der Waals surface area contributed by atoms with E-state index in [0.717, 1.165) is 12.5 Å². The van der Waals surface area contributed by atoms with Crippen molar-refractivity contribution in [3.05, 3.63) is 23.3 Å². The molecule has 0 aliphatic heterocycles. The second-order valence-corrected chi connectivity index (χ2v) is 5.53. The van der Waals surface area contributed by atoms with Crippen molar-refractivity contribution in [1.29, 1.82) is 0 Å². The van der Waals surface area contributed by atoms with Crippen molar-refractivity contribution in [3.8, 4) is 0 Å². The minimum Gasteiger partial charge on any atom is -0.392 e. The first-order valence-electron chi connectivity index (χ1n) is 4.34. The van der Waals surface area contributed by atoms with E-state index in [1.54, 1.807) is 0 Å². The Kier molecular flexibility index (Phi) is 3.72. The molecule has 17 heavy (non-hydrogen) atoms. The number of aromatic nitrogens is 2. The first-order chi connectivity index (χ1) is 7.63. The third-order valence-electron chi connectivity index (χ3n) is 1.74. The van der Waals surface area contributed by atoms with Gasteiger partial charge in [0.15, 0.2) is 15.5 Å². The summed E-state index contributed by atoms with van der Waals surface area (Å²) in [5.41, 5.74) is -1.80. The number of rotatable bonds is 3. The summed E-state index contributed by atoms with van der Waals surface area (Å²) in [4.78, 5) is 6.58. The Hall–Kier alpha value is -1.22. The largest absolute Gasteiger partial charge is 0.433 e. The van der Waals surface area contributed by atoms with Gasteiger partial charge in [0.2, 0.25) is 0 Å². The van der Waals surface area contributed by atoms with E-state index in [1.807, 2.05) is 0 Å². The predicted octanol–water partition coefficient (Wildman–Crippen LogP) is 0.532. The molecule has 1 aromatic heterocycles. The lowest BCUT2D eigenvalue weighted by Gasteiger charge is -2.10. The van der Waals surface area contributed by atoms with Crippen molar-refractivity contribution in [2.45, 2.75) is 18.5 Å². The minimum atomic E-state index is -4.76. The van der Waals surface area contributed by atoms with Crippen LogP contribution in [0.15, 0.2) is 6.20 Å². The lowest BCUT2D eigenvalue weighted by molar-refractivity contribution is -0.142. The minimum absolute atomic E-state index is 0.447. The van der Waals surface area contributed by atoms with Gasteiger partial charge in [0.05, 0.1) is 6.61 Å². The number of aliphatic hydroxyl groups excluding tert-OH is 1. The summed E-state index contributed by atoms with van der Waals surface area (Å²) in [6.45, 7) is -0.867. The molecule has 0 unspecified atom stereocenters. The highest BCUT2D eigenvalue weighted by Crippen LogP contribution is 2.30. The molecule has 0 radical (unpaired) electrons. The summed E-state index contributed by atoms with van der Waals surface area (Å²) in [6.07, 6.45) is -3.12. The summed E-state index contributed by atoms with van der Waals surface area (Å²) in [7, 11) is -3.51. The Morgan fingerprint density at radius 3 is 2.41 bits per heavy atom. The zero-order valence-electron chi connectivity index (χ0n) is 8.69. The summed E-state index contributed by atoms with van der Waals surface area (Å²) < 4.78 is 59.3. The van der Waals surface area contributed by atoms with Gasteiger partial charge < -0.3 is 5.11 Å². The molecule has 1 heterocycles. The van der Waals surface area contributed by atoms with Crippen molar-refractivity contribution in [2.24, 2.45) is 0 Å². The normalized spacial score (nSPS) is 12.8. The average Bonchev–Trinajstić information content (AvgIpc) is 2.13. The third kappa shape index (κ3) is 3.93. The molecule has 1 aromatic rings. The van der Waals surface area contributed by atoms with Gasteiger partial charge in [0, 0.05) is 18.0 Å². The van der Waals surface area contributed by atoms with Crippen LogP contribution in [0.3, 0.4) is 0 Å². The summed E-state index contributed by atoms with van der Waals surface area (Å²) in [5.74, 6) is -1.13. The molecule has 0 spiro atoms. The van der Waals surface area contributed by atoms with E-state index in [9.17, 15) is 21.6 Å². The molecule has 0 amide bonds. The van der Waals surface area contributed by atoms with Crippen LogP contribution >= 0.6 is 0 Å². The number of hydrogen-bond acceptors (Lipinski definition) is 5. The van der Waals surface area contributed by atoms with Crippen LogP contribution in [0.2, 0.25) is 0 Å². The van der Waals surface area contributed by atoms with E-state index >= 15 is 0 Å². The van der Waals surface area contributed by atoms with Crippen LogP contribution in [-0.4, -0.2) is 29.7 Å². The van der Waals surface area contributed by atoms with Crippen LogP contribution < -0.4 is 0 Å². The van der Waals surface area contributed by atoms with Gasteiger partial charge in [0.1, 0.15) is 11.6 Å². The maximum absolute atomic E-state index is 12.5. The highest BCUT2D eigenvalue weighted by molar-refractivity contribution is 7.89. The molecule has 0 aliphatic rings. The fourth-order valence-corrected chi connectivity index (χ4v) is 1.72. The molecule has 0 fully saturated rings. The molecule has 9 heteroatoms. The zero-order chi connectivity index (χ0) is 13.3. The molecular weight excluding hydrogens is 261 g/mol. The van der Waals surface area contributed by atoms with Gasteiger partial charge in [-0.05, 0) is 0 Å². The first-order valence-corrected chi connectivity index (χ1v) is 6.40. The van der Waals surface area contributed by atoms with E-state index in [-0.39, 0.29) is 0 Å². The Morgan fingerprint density at radius 1 is 1.41 bits per heavy atom. The summed E-state index contributed by atoms with van der Waals surface area (Å²) >= 11 is 0. The van der Waals surface area contributed by atoms with Gasteiger partial charge >= 0.3 is 6.18 Å². The van der Waals surface area contributed by atoms with E-state index in [0.29, 0.717) is 0 Å². The Labute approximate surface area is 95.2 Å². The molecule has 0 saturated carbocycles. The topological polar surface area (TPSA) is 80.2 Å². The predicted molar refractivity (Wildman–Crippen MR) is 51.5 cm³/mol. The molecule has 0 aliphatic carbocycles. The quantitative estimate of drug-likeness (QED) is 0.866. The molecule has 0 bridgehead atoms. The summed E-state index contributed by atoms with van der Waals surface area (Å²) in [6, 6.07) is 0. The van der Waals surface area contributed by atoms with Gasteiger partial charge in [-0.15, -0.1) is 0 Å². The van der Waals surface area contributed by atoms with Gasteiger partial charge in [-0.2, -0.15) is 13.2 Å². The van der Waals surface area contributed by atoms with Crippen LogP contribution in [0.1, 0.15) is 17.1 Å². The van der Waals surface area contributed by atoms with Gasteiger partial charge in [-0.25, -0.2) is 18.4 Å². The molecule has 0 saturated heterocycles. The van der Waals surface area contributed by atoms with E-state index in [4.69, 9.17) is 5.11 Å². The second-order valence-electron chi connectivity index (χ2n) is 3.39. The Balaban J connectivity index is 3.23. The van der Waals surface area contributed by atoms with Crippen LogP contribution in [0.5, 0.6) is 0 Å². The highest BCUT2D eigenvalue weighted by Gasteiger charge is 2.36. The molecule has 0 atom stereocenters. The van der Waals surface area contributed by atoms with Crippen molar-refractivity contribution in [3.63, 3.8) is 0 Å². The van der Waals surface area contributed by atoms with Gasteiger partial charge in [0.25, 0.3) is 0 Å². The fraction of sp³-hybridized carbons (Fsp3) is 0.500. The monoisotopic (exact) mass is 270 g/mol. The standard InChI is InChI=1S/C8H9F3N2O3S/c1-17(15,16)4-6-12-2-5(3-14)7(13-6)8(9,10)11/h2,14H,3-4H2,1H3. The number of nitrogens with zero attached hydrogens (tertiary/aromatic N) is 2. The smallest absolute Gasteiger partial charge is 0.392 e. The number of halogens is 3. The maximum Gasteiger partial charge on any atom is 0.433 e. The van der Waals surface area contributed by atoms with Crippen LogP contribution in [0, 0.1) is 0 Å². The number of alkyl halides is 3. The number of hydrogen-bond donors (Lipinski definition) is 1. The lowest BCUT2D eigenvalue weighted by atomic mass is 10.2. The number of aliphatic hydroxyl groups is 1. The van der Waals surface area contributed by atoms with Crippen LogP contribution in [0.25, 0.3) is 0 Å². The molecule has 1 rings (SSSR count). The molecule has 96 valence electrons. The molecule has 5 nitrogen and oxygen atoms in total. The van der Waals surface area contributed by atoms with Crippen molar-refractivity contribution < 1.29 is 26.7 Å².